The van der Waals surface area contributed by atoms with Crippen LogP contribution in [0.2, 0.25) is 0 Å². The minimum absolute atomic E-state index is 0.162. The van der Waals surface area contributed by atoms with E-state index in [2.05, 4.69) is 16.0 Å². The predicted octanol–water partition coefficient (Wildman–Crippen LogP) is 1.50. The number of halogens is 3. The normalized spacial score (nSPS) is 18.5. The lowest BCUT2D eigenvalue weighted by molar-refractivity contribution is -0.192. The van der Waals surface area contributed by atoms with Gasteiger partial charge in [-0.15, -0.1) is 0 Å². The Morgan fingerprint density at radius 2 is 1.81 bits per heavy atom. The van der Waals surface area contributed by atoms with E-state index in [1.807, 2.05) is 37.3 Å². The number of ether oxygens (including phenoxy) is 1. The second-order valence-corrected chi connectivity index (χ2v) is 7.36. The summed E-state index contributed by atoms with van der Waals surface area (Å²) in [4.78, 5) is 33.8. The molecule has 2 rings (SSSR count). The van der Waals surface area contributed by atoms with Crippen molar-refractivity contribution in [3.8, 4) is 0 Å². The molecule has 0 radical (unpaired) electrons. The molecule has 1 aromatic rings. The Bertz CT molecular complexity index is 740. The first-order chi connectivity index (χ1) is 15.0. The molecule has 4 N–H and O–H groups in total. The van der Waals surface area contributed by atoms with Crippen LogP contribution in [0.25, 0.3) is 0 Å². The van der Waals surface area contributed by atoms with Crippen LogP contribution in [0.15, 0.2) is 30.3 Å². The van der Waals surface area contributed by atoms with Crippen molar-refractivity contribution < 1.29 is 37.4 Å². The molecule has 0 unspecified atom stereocenters. The van der Waals surface area contributed by atoms with Crippen LogP contribution < -0.4 is 16.0 Å². The van der Waals surface area contributed by atoms with Crippen LogP contribution in [0.4, 0.5) is 13.2 Å². The number of carboxylic acid groups (broad SMARTS) is 1. The third-order valence-electron chi connectivity index (χ3n) is 5.08. The molecule has 0 aliphatic carbocycles. The lowest BCUT2D eigenvalue weighted by Gasteiger charge is -2.29. The summed E-state index contributed by atoms with van der Waals surface area (Å²) in [6.07, 6.45) is -2.74. The Hall–Kier alpha value is -2.66. The van der Waals surface area contributed by atoms with E-state index in [9.17, 15) is 22.8 Å². The van der Waals surface area contributed by atoms with Gasteiger partial charge in [0.2, 0.25) is 11.8 Å². The van der Waals surface area contributed by atoms with Crippen molar-refractivity contribution in [2.75, 3.05) is 20.7 Å². The van der Waals surface area contributed by atoms with Crippen LogP contribution in [0.3, 0.4) is 0 Å². The van der Waals surface area contributed by atoms with Gasteiger partial charge in [0.05, 0.1) is 12.0 Å². The van der Waals surface area contributed by atoms with E-state index in [1.54, 1.807) is 14.2 Å². The number of methoxy groups -OCH3 is 1. The van der Waals surface area contributed by atoms with E-state index in [-0.39, 0.29) is 29.9 Å². The van der Waals surface area contributed by atoms with Gasteiger partial charge in [0.1, 0.15) is 6.04 Å². The van der Waals surface area contributed by atoms with Crippen LogP contribution in [0.5, 0.6) is 0 Å². The topological polar surface area (TPSA) is 117 Å². The smallest absolute Gasteiger partial charge is 0.475 e. The highest BCUT2D eigenvalue weighted by Gasteiger charge is 2.38. The zero-order valence-electron chi connectivity index (χ0n) is 18.2. The van der Waals surface area contributed by atoms with Crippen molar-refractivity contribution in [2.24, 2.45) is 5.92 Å². The highest BCUT2D eigenvalue weighted by atomic mass is 19.4. The van der Waals surface area contributed by atoms with Crippen LogP contribution in [0, 0.1) is 5.92 Å². The molecule has 11 heteroatoms. The highest BCUT2D eigenvalue weighted by Crippen LogP contribution is 2.19. The van der Waals surface area contributed by atoms with Crippen molar-refractivity contribution in [1.29, 1.82) is 0 Å². The van der Waals surface area contributed by atoms with E-state index in [4.69, 9.17) is 14.6 Å². The molecular weight excluding hydrogens is 431 g/mol. The molecule has 0 aromatic heterocycles. The van der Waals surface area contributed by atoms with Gasteiger partial charge in [0.25, 0.3) is 0 Å². The van der Waals surface area contributed by atoms with Crippen molar-refractivity contribution >= 4 is 17.8 Å². The maximum atomic E-state index is 12.7. The summed E-state index contributed by atoms with van der Waals surface area (Å²) in [6.45, 7) is 2.81. The van der Waals surface area contributed by atoms with E-state index in [0.717, 1.165) is 24.9 Å². The van der Waals surface area contributed by atoms with Crippen molar-refractivity contribution in [1.82, 2.24) is 16.0 Å². The number of likely N-dealkylation sites (N-methyl/N-ethyl adjacent to an activating group) is 1. The fourth-order valence-electron chi connectivity index (χ4n) is 3.39. The maximum Gasteiger partial charge on any atom is 0.490 e. The Morgan fingerprint density at radius 1 is 1.22 bits per heavy atom. The van der Waals surface area contributed by atoms with E-state index in [0.29, 0.717) is 6.42 Å². The number of carboxylic acids is 1. The highest BCUT2D eigenvalue weighted by molar-refractivity contribution is 5.88. The Labute approximate surface area is 184 Å². The van der Waals surface area contributed by atoms with Crippen LogP contribution >= 0.6 is 0 Å². The fraction of sp³-hybridized carbons (Fsp3) is 0.571. The van der Waals surface area contributed by atoms with Gasteiger partial charge in [-0.2, -0.15) is 13.2 Å². The molecule has 1 aromatic carbocycles. The number of nitrogens with one attached hydrogen (secondary N) is 3. The number of carbonyl (C=O) groups excluding carboxylic acids is 2. The van der Waals surface area contributed by atoms with Gasteiger partial charge in [-0.3, -0.25) is 9.59 Å². The molecule has 0 spiro atoms. The maximum absolute atomic E-state index is 12.7. The SMILES string of the molecule is CNC(=O)[C@H](Cc1ccccc1)NC(=O)[C@H](C)[C@@H](OC)[C@@H]1CCCN1.O=C(O)C(F)(F)F. The molecule has 1 heterocycles. The quantitative estimate of drug-likeness (QED) is 0.466. The first-order valence-corrected chi connectivity index (χ1v) is 10.1. The molecule has 32 heavy (non-hydrogen) atoms. The summed E-state index contributed by atoms with van der Waals surface area (Å²) in [6, 6.07) is 9.25. The van der Waals surface area contributed by atoms with Gasteiger partial charge < -0.3 is 25.8 Å². The summed E-state index contributed by atoms with van der Waals surface area (Å²) >= 11 is 0. The third kappa shape index (κ3) is 8.83. The molecule has 1 saturated heterocycles. The number of hydrogen-bond donors (Lipinski definition) is 4. The van der Waals surface area contributed by atoms with Crippen LogP contribution in [-0.2, 0) is 25.5 Å². The lowest BCUT2D eigenvalue weighted by Crippen LogP contribution is -2.52. The zero-order valence-corrected chi connectivity index (χ0v) is 18.2. The van der Waals surface area contributed by atoms with Gasteiger partial charge in [-0.25, -0.2) is 4.79 Å². The van der Waals surface area contributed by atoms with E-state index in [1.165, 1.54) is 0 Å². The molecule has 1 aliphatic heterocycles. The first-order valence-electron chi connectivity index (χ1n) is 10.1. The summed E-state index contributed by atoms with van der Waals surface area (Å²) in [7, 11) is 3.21. The lowest BCUT2D eigenvalue weighted by atomic mass is 9.95. The van der Waals surface area contributed by atoms with Crippen molar-refractivity contribution in [2.45, 2.75) is 50.6 Å². The van der Waals surface area contributed by atoms with E-state index < -0.39 is 18.2 Å². The second-order valence-electron chi connectivity index (χ2n) is 7.36. The molecular formula is C21H30F3N3O5. The molecule has 4 atom stereocenters. The van der Waals surface area contributed by atoms with Gasteiger partial charge >= 0.3 is 12.1 Å². The monoisotopic (exact) mass is 461 g/mol. The largest absolute Gasteiger partial charge is 0.490 e. The van der Waals surface area contributed by atoms with Gasteiger partial charge in [-0.1, -0.05) is 37.3 Å². The standard InChI is InChI=1S/C19H29N3O3.C2HF3O2/c1-13(17(25-3)15-10-7-11-21-15)18(23)22-16(19(24)20-2)12-14-8-5-4-6-9-14;3-2(4,5)1(6)7/h4-6,8-9,13,15-17,21H,7,10-12H2,1-3H3,(H,20,24)(H,22,23);(H,6,7)/t13-,15+,16+,17-;/m1./s1. The zero-order chi connectivity index (χ0) is 24.3. The van der Waals surface area contributed by atoms with E-state index >= 15 is 0 Å². The summed E-state index contributed by atoms with van der Waals surface area (Å²) in [5, 5.41) is 16.0. The number of alkyl halides is 3. The van der Waals surface area contributed by atoms with Crippen LogP contribution in [0.1, 0.15) is 25.3 Å². The predicted molar refractivity (Wildman–Crippen MR) is 111 cm³/mol. The summed E-state index contributed by atoms with van der Waals surface area (Å²) < 4.78 is 37.3. The molecule has 180 valence electrons. The summed E-state index contributed by atoms with van der Waals surface area (Å²) in [5.41, 5.74) is 1.00. The molecule has 0 saturated carbocycles. The first kappa shape index (κ1) is 27.4. The third-order valence-corrected chi connectivity index (χ3v) is 5.08. The summed E-state index contributed by atoms with van der Waals surface area (Å²) in [5.74, 6) is -3.46. The van der Waals surface area contributed by atoms with Crippen molar-refractivity contribution in [3.05, 3.63) is 35.9 Å². The number of amides is 2. The Morgan fingerprint density at radius 3 is 2.25 bits per heavy atom. The number of aliphatic carboxylic acids is 1. The average molecular weight is 461 g/mol. The Balaban J connectivity index is 0.000000633. The molecule has 1 aliphatic rings. The van der Waals surface area contributed by atoms with Crippen molar-refractivity contribution in [3.63, 3.8) is 0 Å². The minimum Gasteiger partial charge on any atom is -0.475 e. The van der Waals surface area contributed by atoms with Gasteiger partial charge in [0.15, 0.2) is 0 Å². The number of rotatable bonds is 8. The molecule has 8 nitrogen and oxygen atoms in total. The fourth-order valence-corrected chi connectivity index (χ4v) is 3.39. The van der Waals surface area contributed by atoms with Gasteiger partial charge in [-0.05, 0) is 24.9 Å². The molecule has 1 fully saturated rings. The second kappa shape index (κ2) is 13.0. The average Bonchev–Trinajstić information content (AvgIpc) is 3.28. The van der Waals surface area contributed by atoms with Gasteiger partial charge in [0, 0.05) is 26.6 Å². The number of benzene rings is 1. The molecule has 0 bridgehead atoms. The number of hydrogen-bond acceptors (Lipinski definition) is 5. The number of carbonyl (C=O) groups is 3. The Kier molecular flexibility index (Phi) is 11.1. The molecule has 2 amide bonds. The minimum atomic E-state index is -5.08. The van der Waals surface area contributed by atoms with Crippen LogP contribution in [-0.4, -0.2) is 68.0 Å².